The number of halogens is 3. The molecule has 1 aliphatic rings. The first-order chi connectivity index (χ1) is 9.38. The van der Waals surface area contributed by atoms with Crippen LogP contribution >= 0.6 is 11.8 Å². The van der Waals surface area contributed by atoms with Crippen molar-refractivity contribution in [3.8, 4) is 0 Å². The Morgan fingerprint density at radius 1 is 1.55 bits per heavy atom. The van der Waals surface area contributed by atoms with Crippen molar-refractivity contribution in [1.29, 1.82) is 0 Å². The standard InChI is InChI=1S/C12H14F3N3OS/c1-18(8-4-6-16-7-8)11(19)9-3-2-5-17-10(9)20-12(13,14)15/h2-3,5,8,16H,4,6-7H2,1H3. The van der Waals surface area contributed by atoms with Crippen molar-refractivity contribution in [2.45, 2.75) is 23.0 Å². The molecule has 1 unspecified atom stereocenters. The Bertz CT molecular complexity index is 489. The molecule has 1 amide bonds. The number of amides is 1. The number of rotatable bonds is 3. The Morgan fingerprint density at radius 3 is 2.90 bits per heavy atom. The van der Waals surface area contributed by atoms with E-state index in [1.807, 2.05) is 0 Å². The zero-order chi connectivity index (χ0) is 14.8. The fourth-order valence-electron chi connectivity index (χ4n) is 2.07. The first-order valence-electron chi connectivity index (χ1n) is 6.07. The lowest BCUT2D eigenvalue weighted by molar-refractivity contribution is -0.0329. The molecular formula is C12H14F3N3OS. The van der Waals surface area contributed by atoms with Crippen LogP contribution in [0.3, 0.4) is 0 Å². The first-order valence-corrected chi connectivity index (χ1v) is 6.89. The van der Waals surface area contributed by atoms with E-state index < -0.39 is 11.4 Å². The van der Waals surface area contributed by atoms with Gasteiger partial charge in [-0.1, -0.05) is 0 Å². The van der Waals surface area contributed by atoms with E-state index in [0.717, 1.165) is 13.0 Å². The Morgan fingerprint density at radius 2 is 2.30 bits per heavy atom. The second kappa shape index (κ2) is 6.01. The number of carbonyl (C=O) groups excluding carboxylic acids is 1. The molecule has 1 saturated heterocycles. The second-order valence-electron chi connectivity index (χ2n) is 4.47. The highest BCUT2D eigenvalue weighted by atomic mass is 32.2. The molecule has 1 atom stereocenters. The highest BCUT2D eigenvalue weighted by Gasteiger charge is 2.33. The quantitative estimate of drug-likeness (QED) is 0.869. The summed E-state index contributed by atoms with van der Waals surface area (Å²) in [5, 5.41) is 2.81. The molecule has 0 bridgehead atoms. The Kier molecular flexibility index (Phi) is 4.54. The molecule has 0 aliphatic carbocycles. The first kappa shape index (κ1) is 15.1. The molecule has 20 heavy (non-hydrogen) atoms. The number of hydrogen-bond donors (Lipinski definition) is 1. The number of hydrogen-bond acceptors (Lipinski definition) is 4. The summed E-state index contributed by atoms with van der Waals surface area (Å²) in [7, 11) is 1.61. The molecule has 4 nitrogen and oxygen atoms in total. The molecule has 1 aromatic rings. The molecule has 8 heteroatoms. The third-order valence-corrected chi connectivity index (χ3v) is 3.87. The van der Waals surface area contributed by atoms with E-state index in [2.05, 4.69) is 10.3 Å². The van der Waals surface area contributed by atoms with Gasteiger partial charge in [-0.3, -0.25) is 4.79 Å². The van der Waals surface area contributed by atoms with Gasteiger partial charge in [-0.15, -0.1) is 0 Å². The summed E-state index contributed by atoms with van der Waals surface area (Å²) in [4.78, 5) is 17.5. The summed E-state index contributed by atoms with van der Waals surface area (Å²) < 4.78 is 37.4. The normalized spacial score (nSPS) is 19.1. The third kappa shape index (κ3) is 3.63. The molecular weight excluding hydrogens is 291 g/mol. The maximum atomic E-state index is 12.5. The van der Waals surface area contributed by atoms with Gasteiger partial charge in [0, 0.05) is 37.6 Å². The van der Waals surface area contributed by atoms with Crippen molar-refractivity contribution in [2.24, 2.45) is 0 Å². The summed E-state index contributed by atoms with van der Waals surface area (Å²) >= 11 is -0.359. The average Bonchev–Trinajstić information content (AvgIpc) is 2.89. The minimum atomic E-state index is -4.46. The van der Waals surface area contributed by atoms with Crippen LogP contribution in [0, 0.1) is 0 Å². The van der Waals surface area contributed by atoms with Crippen molar-refractivity contribution in [1.82, 2.24) is 15.2 Å². The smallest absolute Gasteiger partial charge is 0.337 e. The molecule has 0 aromatic carbocycles. The van der Waals surface area contributed by atoms with Gasteiger partial charge in [0.05, 0.1) is 5.56 Å². The van der Waals surface area contributed by atoms with Crippen LogP contribution in [-0.2, 0) is 0 Å². The van der Waals surface area contributed by atoms with Gasteiger partial charge in [0.2, 0.25) is 0 Å². The van der Waals surface area contributed by atoms with Gasteiger partial charge in [0.15, 0.2) is 0 Å². The van der Waals surface area contributed by atoms with Crippen molar-refractivity contribution < 1.29 is 18.0 Å². The SMILES string of the molecule is CN(C(=O)c1cccnc1SC(F)(F)F)C1CCNC1. The minimum Gasteiger partial charge on any atom is -0.337 e. The van der Waals surface area contributed by atoms with Gasteiger partial charge in [-0.2, -0.15) is 13.2 Å². The van der Waals surface area contributed by atoms with Crippen LogP contribution in [0.1, 0.15) is 16.8 Å². The van der Waals surface area contributed by atoms with Gasteiger partial charge in [-0.05, 0) is 25.1 Å². The van der Waals surface area contributed by atoms with Crippen LogP contribution in [0.25, 0.3) is 0 Å². The Labute approximate surface area is 118 Å². The minimum absolute atomic E-state index is 0.00597. The predicted molar refractivity (Wildman–Crippen MR) is 69.5 cm³/mol. The number of alkyl halides is 3. The maximum Gasteiger partial charge on any atom is 0.447 e. The fraction of sp³-hybridized carbons (Fsp3) is 0.500. The van der Waals surface area contributed by atoms with Crippen molar-refractivity contribution in [3.05, 3.63) is 23.9 Å². The van der Waals surface area contributed by atoms with E-state index >= 15 is 0 Å². The van der Waals surface area contributed by atoms with Crippen LogP contribution < -0.4 is 5.32 Å². The number of likely N-dealkylation sites (N-methyl/N-ethyl adjacent to an activating group) is 1. The molecule has 1 aliphatic heterocycles. The number of pyridine rings is 1. The fourth-order valence-corrected chi connectivity index (χ4v) is 2.67. The van der Waals surface area contributed by atoms with Crippen LogP contribution in [0.15, 0.2) is 23.4 Å². The summed E-state index contributed by atoms with van der Waals surface area (Å²) in [5.74, 6) is -0.432. The molecule has 1 aromatic heterocycles. The summed E-state index contributed by atoms with van der Waals surface area (Å²) in [6.07, 6.45) is 2.05. The molecule has 1 fully saturated rings. The number of nitrogens with one attached hydrogen (secondary N) is 1. The predicted octanol–water partition coefficient (Wildman–Crippen LogP) is 2.13. The molecule has 0 radical (unpaired) electrons. The number of aromatic nitrogens is 1. The van der Waals surface area contributed by atoms with Crippen molar-refractivity contribution >= 4 is 17.7 Å². The summed E-state index contributed by atoms with van der Waals surface area (Å²) in [5.41, 5.74) is -4.47. The largest absolute Gasteiger partial charge is 0.447 e. The van der Waals surface area contributed by atoms with Gasteiger partial charge in [0.25, 0.3) is 5.91 Å². The van der Waals surface area contributed by atoms with E-state index in [9.17, 15) is 18.0 Å². The van der Waals surface area contributed by atoms with Crippen molar-refractivity contribution in [2.75, 3.05) is 20.1 Å². The summed E-state index contributed by atoms with van der Waals surface area (Å²) in [6, 6.07) is 2.85. The van der Waals surface area contributed by atoms with Crippen LogP contribution in [-0.4, -0.2) is 47.5 Å². The highest BCUT2D eigenvalue weighted by Crippen LogP contribution is 2.37. The maximum absolute atomic E-state index is 12.5. The molecule has 2 rings (SSSR count). The van der Waals surface area contributed by atoms with Crippen molar-refractivity contribution in [3.63, 3.8) is 0 Å². The zero-order valence-corrected chi connectivity index (χ0v) is 11.6. The van der Waals surface area contributed by atoms with E-state index in [-0.39, 0.29) is 28.4 Å². The van der Waals surface area contributed by atoms with E-state index in [4.69, 9.17) is 0 Å². The zero-order valence-electron chi connectivity index (χ0n) is 10.8. The molecule has 0 spiro atoms. The van der Waals surface area contributed by atoms with Crippen LogP contribution in [0.2, 0.25) is 0 Å². The molecule has 0 saturated carbocycles. The molecule has 110 valence electrons. The summed E-state index contributed by atoms with van der Waals surface area (Å²) in [6.45, 7) is 1.46. The number of nitrogens with zero attached hydrogens (tertiary/aromatic N) is 2. The monoisotopic (exact) mass is 305 g/mol. The van der Waals surface area contributed by atoms with Gasteiger partial charge < -0.3 is 10.2 Å². The second-order valence-corrected chi connectivity index (χ2v) is 5.52. The van der Waals surface area contributed by atoms with E-state index in [0.29, 0.717) is 6.54 Å². The van der Waals surface area contributed by atoms with Crippen LogP contribution in [0.4, 0.5) is 13.2 Å². The molecule has 2 heterocycles. The Balaban J connectivity index is 2.20. The highest BCUT2D eigenvalue weighted by molar-refractivity contribution is 8.00. The average molecular weight is 305 g/mol. The molecule has 1 N–H and O–H groups in total. The van der Waals surface area contributed by atoms with E-state index in [1.165, 1.54) is 23.2 Å². The lowest BCUT2D eigenvalue weighted by atomic mass is 10.2. The third-order valence-electron chi connectivity index (χ3n) is 3.12. The van der Waals surface area contributed by atoms with Crippen LogP contribution in [0.5, 0.6) is 0 Å². The Hall–Kier alpha value is -1.28. The lowest BCUT2D eigenvalue weighted by Gasteiger charge is -2.24. The number of carbonyl (C=O) groups is 1. The van der Waals surface area contributed by atoms with E-state index in [1.54, 1.807) is 7.05 Å². The lowest BCUT2D eigenvalue weighted by Crippen LogP contribution is -2.38. The topological polar surface area (TPSA) is 45.2 Å². The van der Waals surface area contributed by atoms with Gasteiger partial charge >= 0.3 is 5.51 Å². The van der Waals surface area contributed by atoms with Gasteiger partial charge in [0.1, 0.15) is 5.03 Å². The van der Waals surface area contributed by atoms with Gasteiger partial charge in [-0.25, -0.2) is 4.98 Å². The number of thioether (sulfide) groups is 1.